The summed E-state index contributed by atoms with van der Waals surface area (Å²) in [5.41, 5.74) is 1.96. The summed E-state index contributed by atoms with van der Waals surface area (Å²) in [5, 5.41) is 34.9. The molecule has 0 aromatic carbocycles. The number of hydrogen-bond donors (Lipinski definition) is 6. The highest BCUT2D eigenvalue weighted by Gasteiger charge is 2.55. The van der Waals surface area contributed by atoms with Gasteiger partial charge in [-0.1, -0.05) is 13.8 Å². The number of rotatable bonds is 22. The number of aliphatic hydroxyl groups excluding tert-OH is 2. The fourth-order valence-corrected chi connectivity index (χ4v) is 7.82. The minimum atomic E-state index is -5.95. The maximum absolute atomic E-state index is 12.5. The largest absolute Gasteiger partial charge is 0.790 e. The first-order chi connectivity index (χ1) is 25.3. The Morgan fingerprint density at radius 3 is 2.42 bits per heavy atom. The van der Waals surface area contributed by atoms with E-state index >= 15 is 0 Å². The highest BCUT2D eigenvalue weighted by molar-refractivity contribution is 7.94. The van der Waals surface area contributed by atoms with Crippen LogP contribution in [0.25, 0.3) is 11.2 Å². The number of aliphatic carboxylic acids is 1. The van der Waals surface area contributed by atoms with Gasteiger partial charge in [-0.05, 0) is 13.5 Å². The molecular formula is C25H36N7O19P3S-4. The van der Waals surface area contributed by atoms with Crippen molar-refractivity contribution in [1.82, 2.24) is 30.2 Å². The monoisotopic (exact) mass is 863 g/mol. The number of phosphoric ester groups is 3. The molecule has 0 aliphatic carbocycles. The van der Waals surface area contributed by atoms with Gasteiger partial charge in [-0.25, -0.2) is 24.1 Å². The van der Waals surface area contributed by atoms with Crippen molar-refractivity contribution >= 4 is 70.3 Å². The number of imidazole rings is 1. The van der Waals surface area contributed by atoms with Crippen LogP contribution in [0.5, 0.6) is 0 Å². The Labute approximate surface area is 315 Å². The molecule has 1 saturated heterocycles. The summed E-state index contributed by atoms with van der Waals surface area (Å²) >= 11 is 0.730. The van der Waals surface area contributed by atoms with Gasteiger partial charge in [0, 0.05) is 30.7 Å². The lowest BCUT2D eigenvalue weighted by atomic mass is 9.87. The van der Waals surface area contributed by atoms with Gasteiger partial charge in [-0.2, -0.15) is 0 Å². The third-order valence-corrected chi connectivity index (χ3v) is 11.1. The van der Waals surface area contributed by atoms with Gasteiger partial charge in [-0.15, -0.1) is 0 Å². The van der Waals surface area contributed by atoms with E-state index in [1.807, 2.05) is 0 Å². The van der Waals surface area contributed by atoms with Crippen LogP contribution in [-0.4, -0.2) is 109 Å². The molecule has 55 heavy (non-hydrogen) atoms. The summed E-state index contributed by atoms with van der Waals surface area (Å²) in [6.07, 6.45) is -6.21. The number of anilines is 1. The maximum Gasteiger partial charge on any atom is 0.372 e. The van der Waals surface area contributed by atoms with Crippen LogP contribution in [-0.2, 0) is 60.6 Å². The first-order valence-electron chi connectivity index (χ1n) is 15.4. The molecule has 7 N–H and O–H groups in total. The van der Waals surface area contributed by atoms with Gasteiger partial charge < -0.3 is 78.3 Å². The van der Waals surface area contributed by atoms with Gasteiger partial charge in [0.15, 0.2) is 17.2 Å². The summed E-state index contributed by atoms with van der Waals surface area (Å²) in [7, 11) is -17.7. The zero-order valence-electron chi connectivity index (χ0n) is 28.9. The minimum Gasteiger partial charge on any atom is -0.790 e. The third kappa shape index (κ3) is 13.0. The fraction of sp³-hybridized carbons (Fsp3) is 0.600. The molecule has 310 valence electrons. The summed E-state index contributed by atoms with van der Waals surface area (Å²) < 4.78 is 65.6. The zero-order valence-corrected chi connectivity index (χ0v) is 32.4. The highest BCUT2D eigenvalue weighted by atomic mass is 32.2. The number of amides is 2. The van der Waals surface area contributed by atoms with Crippen LogP contribution >= 0.6 is 35.5 Å². The van der Waals surface area contributed by atoms with E-state index in [2.05, 4.69) is 50.0 Å². The molecule has 26 nitrogen and oxygen atoms in total. The lowest BCUT2D eigenvalue weighted by molar-refractivity contribution is -0.347. The number of nitrogens with zero attached hydrogens (tertiary/aromatic N) is 4. The molecule has 2 aromatic rings. The SMILES string of the molecule is C=C(OSCCNC(=O)CCNC(=O)C(O)C(C)(C)COP(=O)([O-])OP(=O)([O-])OCC1OC(C)(n2cnc3c(N)ncnc32)C(O)C1OP(=O)([O-])[O-])C(=O)O. The Kier molecular flexibility index (Phi) is 15.5. The number of nitrogen functional groups attached to an aromatic ring is 1. The van der Waals surface area contributed by atoms with E-state index in [9.17, 15) is 57.9 Å². The number of aliphatic hydroxyl groups is 2. The van der Waals surface area contributed by atoms with Crippen molar-refractivity contribution in [2.24, 2.45) is 5.41 Å². The van der Waals surface area contributed by atoms with Crippen molar-refractivity contribution in [3.05, 3.63) is 25.0 Å². The van der Waals surface area contributed by atoms with Crippen LogP contribution in [0.1, 0.15) is 27.2 Å². The van der Waals surface area contributed by atoms with Crippen molar-refractivity contribution < 1.29 is 89.8 Å². The topological polar surface area (TPSA) is 404 Å². The lowest BCUT2D eigenvalue weighted by Gasteiger charge is -2.36. The van der Waals surface area contributed by atoms with Crippen LogP contribution in [0, 0.1) is 5.41 Å². The third-order valence-electron chi connectivity index (χ3n) is 7.44. The van der Waals surface area contributed by atoms with E-state index in [0.29, 0.717) is 0 Å². The predicted molar refractivity (Wildman–Crippen MR) is 176 cm³/mol. The lowest BCUT2D eigenvalue weighted by Crippen LogP contribution is -2.46. The van der Waals surface area contributed by atoms with Gasteiger partial charge in [0.05, 0.1) is 39.4 Å². The second kappa shape index (κ2) is 18.4. The van der Waals surface area contributed by atoms with Gasteiger partial charge in [-0.3, -0.25) is 23.3 Å². The summed E-state index contributed by atoms with van der Waals surface area (Å²) in [6.45, 7) is 4.15. The number of aromatic nitrogens is 4. The van der Waals surface area contributed by atoms with Crippen LogP contribution < -0.4 is 35.9 Å². The minimum absolute atomic E-state index is 0.0266. The van der Waals surface area contributed by atoms with Gasteiger partial charge >= 0.3 is 5.97 Å². The molecule has 1 aliphatic rings. The van der Waals surface area contributed by atoms with Crippen LogP contribution in [0.15, 0.2) is 25.0 Å². The predicted octanol–water partition coefficient (Wildman–Crippen LogP) is -3.69. The molecular weight excluding hydrogens is 827 g/mol. The Morgan fingerprint density at radius 1 is 1.13 bits per heavy atom. The maximum atomic E-state index is 12.5. The Morgan fingerprint density at radius 2 is 1.78 bits per heavy atom. The van der Waals surface area contributed by atoms with Crippen molar-refractivity contribution in [3.63, 3.8) is 0 Å². The van der Waals surface area contributed by atoms with Crippen molar-refractivity contribution in [2.75, 3.05) is 37.8 Å². The molecule has 2 amide bonds. The molecule has 3 heterocycles. The zero-order chi connectivity index (χ0) is 41.6. The molecule has 2 aromatic heterocycles. The number of carboxylic acids is 1. The van der Waals surface area contributed by atoms with Crippen molar-refractivity contribution in [2.45, 2.75) is 57.3 Å². The normalized spacial score (nSPS) is 23.0. The number of carboxylic acid groups (broad SMARTS) is 1. The van der Waals surface area contributed by atoms with E-state index in [1.54, 1.807) is 0 Å². The Hall–Kier alpha value is -3.10. The molecule has 0 bridgehead atoms. The first kappa shape index (κ1) is 46.3. The molecule has 7 atom stereocenters. The Balaban J connectivity index is 1.53. The van der Waals surface area contributed by atoms with Crippen LogP contribution in [0.4, 0.5) is 5.82 Å². The standard InChI is InChI=1S/C25H40N7O19P3S/c1-13(23(37)38)50-55-8-7-27-15(33)5-6-28-22(36)19(35)24(2,3)10-47-54(44,45)51-53(42,43)46-9-14-17(49-52(39,40)41)18(34)25(4,48-14)32-12-31-16-20(26)29-11-30-21(16)32/h11-12,14,17-19,34-35H,1,5-10H2,2-4H3,(H,27,33)(H,28,36)(H,37,38)(H,42,43)(H,44,45)(H2,26,29,30)(H2,39,40,41)/p-4. The molecule has 1 aliphatic heterocycles. The van der Waals surface area contributed by atoms with E-state index in [4.69, 9.17) is 19.8 Å². The number of nitrogens with two attached hydrogens (primary N) is 1. The van der Waals surface area contributed by atoms with Gasteiger partial charge in [0.25, 0.3) is 15.6 Å². The molecule has 30 heteroatoms. The number of hydrogen-bond acceptors (Lipinski definition) is 23. The average molecular weight is 864 g/mol. The Bertz CT molecular complexity index is 1880. The van der Waals surface area contributed by atoms with Crippen LogP contribution in [0.2, 0.25) is 0 Å². The average Bonchev–Trinajstić information content (AvgIpc) is 3.61. The summed E-state index contributed by atoms with van der Waals surface area (Å²) in [4.78, 5) is 94.7. The smallest absolute Gasteiger partial charge is 0.372 e. The number of ether oxygens (including phenoxy) is 1. The number of fused-ring (bicyclic) bond motifs is 1. The van der Waals surface area contributed by atoms with E-state index in [-0.39, 0.29) is 42.2 Å². The van der Waals surface area contributed by atoms with Crippen molar-refractivity contribution in [3.8, 4) is 0 Å². The second-order valence-electron chi connectivity index (χ2n) is 12.2. The number of carbonyl (C=O) groups is 3. The van der Waals surface area contributed by atoms with Crippen molar-refractivity contribution in [1.29, 1.82) is 0 Å². The number of nitrogens with one attached hydrogen (secondary N) is 2. The van der Waals surface area contributed by atoms with Crippen LogP contribution in [0.3, 0.4) is 0 Å². The molecule has 1 fully saturated rings. The first-order valence-corrected chi connectivity index (χ1v) is 20.6. The fourth-order valence-electron chi connectivity index (χ4n) is 4.61. The quantitative estimate of drug-likeness (QED) is 0.0218. The number of phosphoric acid groups is 3. The number of carbonyl (C=O) groups excluding carboxylic acids is 2. The van der Waals surface area contributed by atoms with E-state index < -0.39 is 95.8 Å². The molecule has 0 radical (unpaired) electrons. The van der Waals surface area contributed by atoms with Gasteiger partial charge in [0.1, 0.15) is 36.3 Å². The van der Waals surface area contributed by atoms with Gasteiger partial charge in [0.2, 0.25) is 17.6 Å². The molecule has 0 spiro atoms. The second-order valence-corrected chi connectivity index (χ2v) is 17.1. The summed E-state index contributed by atoms with van der Waals surface area (Å²) in [6, 6.07) is 0. The summed E-state index contributed by atoms with van der Waals surface area (Å²) in [5.74, 6) is -3.36. The van der Waals surface area contributed by atoms with E-state index in [1.165, 1.54) is 20.8 Å². The molecule has 3 rings (SSSR count). The highest BCUT2D eigenvalue weighted by Crippen LogP contribution is 2.56. The molecule has 0 saturated carbocycles. The van der Waals surface area contributed by atoms with E-state index in [0.717, 1.165) is 29.3 Å². The molecule has 7 unspecified atom stereocenters.